The summed E-state index contributed by atoms with van der Waals surface area (Å²) >= 11 is 0. The summed E-state index contributed by atoms with van der Waals surface area (Å²) in [7, 11) is 1.74. The van der Waals surface area contributed by atoms with E-state index in [1.165, 1.54) is 0 Å². The molecule has 1 aromatic heterocycles. The number of aromatic amines is 1. The van der Waals surface area contributed by atoms with Gasteiger partial charge < -0.3 is 10.0 Å². The fourth-order valence-electron chi connectivity index (χ4n) is 2.89. The summed E-state index contributed by atoms with van der Waals surface area (Å²) in [6.45, 7) is 0.612. The van der Waals surface area contributed by atoms with Gasteiger partial charge in [0.2, 0.25) is 5.91 Å². The Kier molecular flexibility index (Phi) is 4.64. The Hall–Kier alpha value is -2.63. The normalized spacial score (nSPS) is 19.0. The zero-order chi connectivity index (χ0) is 17.1. The van der Waals surface area contributed by atoms with Crippen molar-refractivity contribution < 1.29 is 14.7 Å². The summed E-state index contributed by atoms with van der Waals surface area (Å²) in [5.41, 5.74) is 3.02. The SMILES string of the molecule is CN(CCCc1cc(-c2ccccc2)n[nH]1)C(=O)[C@@H]1C[C@H]1C(=O)O. The summed E-state index contributed by atoms with van der Waals surface area (Å²) < 4.78 is 0. The van der Waals surface area contributed by atoms with Crippen molar-refractivity contribution in [3.05, 3.63) is 42.1 Å². The van der Waals surface area contributed by atoms with Crippen molar-refractivity contribution in [1.29, 1.82) is 0 Å². The van der Waals surface area contributed by atoms with Crippen LogP contribution >= 0.6 is 0 Å². The number of nitrogens with one attached hydrogen (secondary N) is 1. The molecule has 1 heterocycles. The van der Waals surface area contributed by atoms with Gasteiger partial charge in [-0.25, -0.2) is 0 Å². The second kappa shape index (κ2) is 6.86. The van der Waals surface area contributed by atoms with Crippen molar-refractivity contribution in [2.24, 2.45) is 11.8 Å². The molecule has 1 fully saturated rings. The number of nitrogens with zero attached hydrogens (tertiary/aromatic N) is 2. The lowest BCUT2D eigenvalue weighted by Crippen LogP contribution is -2.30. The van der Waals surface area contributed by atoms with Gasteiger partial charge in [0.1, 0.15) is 0 Å². The molecule has 0 aliphatic heterocycles. The first-order valence-corrected chi connectivity index (χ1v) is 8.13. The maximum atomic E-state index is 12.1. The lowest BCUT2D eigenvalue weighted by molar-refractivity contribution is -0.141. The predicted molar refractivity (Wildman–Crippen MR) is 89.2 cm³/mol. The molecule has 1 saturated carbocycles. The predicted octanol–water partition coefficient (Wildman–Crippen LogP) is 2.19. The third kappa shape index (κ3) is 3.64. The van der Waals surface area contributed by atoms with Crippen molar-refractivity contribution >= 4 is 11.9 Å². The van der Waals surface area contributed by atoms with Crippen LogP contribution in [0, 0.1) is 11.8 Å². The van der Waals surface area contributed by atoms with Gasteiger partial charge >= 0.3 is 5.97 Å². The first kappa shape index (κ1) is 16.2. The Morgan fingerprint density at radius 2 is 2.04 bits per heavy atom. The minimum Gasteiger partial charge on any atom is -0.481 e. The summed E-state index contributed by atoms with van der Waals surface area (Å²) in [5.74, 6) is -1.74. The fourth-order valence-corrected chi connectivity index (χ4v) is 2.89. The Morgan fingerprint density at radius 1 is 1.29 bits per heavy atom. The quantitative estimate of drug-likeness (QED) is 0.816. The Morgan fingerprint density at radius 3 is 2.71 bits per heavy atom. The molecule has 0 bridgehead atoms. The molecule has 1 aliphatic rings. The summed E-state index contributed by atoms with van der Waals surface area (Å²) in [6, 6.07) is 12.0. The number of carboxylic acids is 1. The lowest BCUT2D eigenvalue weighted by Gasteiger charge is -2.16. The molecule has 126 valence electrons. The molecule has 1 aromatic carbocycles. The van der Waals surface area contributed by atoms with E-state index in [0.29, 0.717) is 13.0 Å². The van der Waals surface area contributed by atoms with Crippen LogP contribution in [-0.2, 0) is 16.0 Å². The number of aliphatic carboxylic acids is 1. The molecule has 1 amide bonds. The molecular formula is C18H21N3O3. The molecular weight excluding hydrogens is 306 g/mol. The van der Waals surface area contributed by atoms with Crippen molar-refractivity contribution in [2.45, 2.75) is 19.3 Å². The standard InChI is InChI=1S/C18H21N3O3/c1-21(17(22)14-11-15(14)18(23)24)9-5-8-13-10-16(20-19-13)12-6-3-2-4-7-12/h2-4,6-7,10,14-15H,5,8-9,11H2,1H3,(H,19,20)(H,23,24)/t14-,15-/m1/s1. The number of rotatable bonds is 7. The van der Waals surface area contributed by atoms with Gasteiger partial charge in [0.05, 0.1) is 17.5 Å². The highest BCUT2D eigenvalue weighted by molar-refractivity contribution is 5.89. The van der Waals surface area contributed by atoms with Crippen molar-refractivity contribution in [3.63, 3.8) is 0 Å². The van der Waals surface area contributed by atoms with E-state index in [4.69, 9.17) is 5.11 Å². The number of carbonyl (C=O) groups excluding carboxylic acids is 1. The van der Waals surface area contributed by atoms with E-state index in [1.807, 2.05) is 36.4 Å². The van der Waals surface area contributed by atoms with Gasteiger partial charge in [-0.2, -0.15) is 5.10 Å². The van der Waals surface area contributed by atoms with Gasteiger partial charge in [-0.15, -0.1) is 0 Å². The average molecular weight is 327 g/mol. The van der Waals surface area contributed by atoms with Crippen molar-refractivity contribution in [1.82, 2.24) is 15.1 Å². The molecule has 0 unspecified atom stereocenters. The van der Waals surface area contributed by atoms with Crippen molar-refractivity contribution in [3.8, 4) is 11.3 Å². The fraction of sp³-hybridized carbons (Fsp3) is 0.389. The van der Waals surface area contributed by atoms with Gasteiger partial charge in [-0.3, -0.25) is 14.7 Å². The lowest BCUT2D eigenvalue weighted by atomic mass is 10.1. The topological polar surface area (TPSA) is 86.3 Å². The van der Waals surface area contributed by atoms with Gasteiger partial charge in [0.25, 0.3) is 0 Å². The molecule has 24 heavy (non-hydrogen) atoms. The largest absolute Gasteiger partial charge is 0.481 e. The smallest absolute Gasteiger partial charge is 0.307 e. The molecule has 0 spiro atoms. The number of H-pyrrole nitrogens is 1. The highest BCUT2D eigenvalue weighted by Crippen LogP contribution is 2.39. The first-order chi connectivity index (χ1) is 11.6. The summed E-state index contributed by atoms with van der Waals surface area (Å²) in [6.07, 6.45) is 2.08. The second-order valence-electron chi connectivity index (χ2n) is 6.29. The minimum atomic E-state index is -0.868. The highest BCUT2D eigenvalue weighted by Gasteiger charge is 2.49. The Bertz CT molecular complexity index is 726. The number of hydrogen-bond acceptors (Lipinski definition) is 3. The molecule has 1 aliphatic carbocycles. The van der Waals surface area contributed by atoms with Crippen LogP contribution < -0.4 is 0 Å². The molecule has 2 atom stereocenters. The van der Waals surface area contributed by atoms with Crippen LogP contribution in [0.25, 0.3) is 11.3 Å². The van der Waals surface area contributed by atoms with Crippen LogP contribution in [0.3, 0.4) is 0 Å². The second-order valence-corrected chi connectivity index (χ2v) is 6.29. The van der Waals surface area contributed by atoms with E-state index in [2.05, 4.69) is 10.2 Å². The van der Waals surface area contributed by atoms with E-state index in [-0.39, 0.29) is 11.8 Å². The molecule has 2 aromatic rings. The molecule has 3 rings (SSSR count). The molecule has 6 nitrogen and oxygen atoms in total. The summed E-state index contributed by atoms with van der Waals surface area (Å²) in [4.78, 5) is 24.6. The maximum absolute atomic E-state index is 12.1. The highest BCUT2D eigenvalue weighted by atomic mass is 16.4. The van der Waals surface area contributed by atoms with E-state index < -0.39 is 11.9 Å². The van der Waals surface area contributed by atoms with Crippen LogP contribution in [-0.4, -0.2) is 45.7 Å². The van der Waals surface area contributed by atoms with Crippen LogP contribution in [0.1, 0.15) is 18.5 Å². The van der Waals surface area contributed by atoms with Crippen LogP contribution in [0.15, 0.2) is 36.4 Å². The molecule has 0 radical (unpaired) electrons. The number of aryl methyl sites for hydroxylation is 1. The number of aromatic nitrogens is 2. The molecule has 2 N–H and O–H groups in total. The first-order valence-electron chi connectivity index (χ1n) is 8.13. The van der Waals surface area contributed by atoms with Gasteiger partial charge in [-0.1, -0.05) is 30.3 Å². The number of benzene rings is 1. The Balaban J connectivity index is 1.46. The molecule has 0 saturated heterocycles. The van der Waals surface area contributed by atoms with E-state index >= 15 is 0 Å². The maximum Gasteiger partial charge on any atom is 0.307 e. The third-order valence-corrected chi connectivity index (χ3v) is 4.44. The van der Waals surface area contributed by atoms with Crippen LogP contribution in [0.2, 0.25) is 0 Å². The zero-order valence-electron chi connectivity index (χ0n) is 13.6. The zero-order valence-corrected chi connectivity index (χ0v) is 13.6. The number of carbonyl (C=O) groups is 2. The molecule has 6 heteroatoms. The van der Waals surface area contributed by atoms with Crippen LogP contribution in [0.4, 0.5) is 0 Å². The van der Waals surface area contributed by atoms with Gasteiger partial charge in [0, 0.05) is 24.8 Å². The number of hydrogen-bond donors (Lipinski definition) is 2. The number of carboxylic acid groups (broad SMARTS) is 1. The van der Waals surface area contributed by atoms with Gasteiger partial charge in [0.15, 0.2) is 0 Å². The monoisotopic (exact) mass is 327 g/mol. The van der Waals surface area contributed by atoms with E-state index in [9.17, 15) is 9.59 Å². The van der Waals surface area contributed by atoms with Crippen LogP contribution in [0.5, 0.6) is 0 Å². The van der Waals surface area contributed by atoms with Gasteiger partial charge in [-0.05, 0) is 25.3 Å². The van der Waals surface area contributed by atoms with E-state index in [0.717, 1.165) is 29.8 Å². The Labute approximate surface area is 140 Å². The number of amides is 1. The summed E-state index contributed by atoms with van der Waals surface area (Å²) in [5, 5.41) is 16.2. The average Bonchev–Trinajstić information content (AvgIpc) is 3.26. The van der Waals surface area contributed by atoms with Crippen molar-refractivity contribution in [2.75, 3.05) is 13.6 Å². The van der Waals surface area contributed by atoms with E-state index in [1.54, 1.807) is 11.9 Å². The third-order valence-electron chi connectivity index (χ3n) is 4.44. The minimum absolute atomic E-state index is 0.0583.